The first-order valence-corrected chi connectivity index (χ1v) is 11.9. The molecule has 1 N–H and O–H groups in total. The smallest absolute Gasteiger partial charge is 0.157 e. The highest BCUT2D eigenvalue weighted by Crippen LogP contribution is 2.64. The number of nitrogens with zero attached hydrogens (tertiary/aromatic N) is 3. The Balaban J connectivity index is 1.32. The number of aryl methyl sites for hydroxylation is 1. The van der Waals surface area contributed by atoms with Gasteiger partial charge in [-0.05, 0) is 107 Å². The fourth-order valence-electron chi connectivity index (χ4n) is 8.33. The summed E-state index contributed by atoms with van der Waals surface area (Å²) in [6.07, 6.45) is 12.3. The number of carbonyl (C=O) groups excluding carboxylic acids is 1. The van der Waals surface area contributed by atoms with Crippen LogP contribution >= 0.6 is 0 Å². The van der Waals surface area contributed by atoms with E-state index in [1.54, 1.807) is 10.9 Å². The summed E-state index contributed by atoms with van der Waals surface area (Å²) >= 11 is 0. The molecule has 0 spiro atoms. The number of aliphatic hydroxyl groups is 1. The van der Waals surface area contributed by atoms with Crippen molar-refractivity contribution in [2.75, 3.05) is 0 Å². The second-order valence-electron chi connectivity index (χ2n) is 11.3. The maximum absolute atomic E-state index is 13.3. The summed E-state index contributed by atoms with van der Waals surface area (Å²) in [6.45, 7) is 6.82. The Bertz CT molecular complexity index is 787. The van der Waals surface area contributed by atoms with Gasteiger partial charge in [-0.15, -0.1) is 5.10 Å². The Morgan fingerprint density at radius 1 is 1.10 bits per heavy atom. The maximum Gasteiger partial charge on any atom is 0.157 e. The summed E-state index contributed by atoms with van der Waals surface area (Å²) < 4.78 is 1.77. The van der Waals surface area contributed by atoms with Crippen LogP contribution in [0.5, 0.6) is 0 Å². The molecule has 160 valence electrons. The van der Waals surface area contributed by atoms with E-state index >= 15 is 0 Å². The molecule has 0 aliphatic heterocycles. The van der Waals surface area contributed by atoms with Crippen LogP contribution in [0.4, 0.5) is 0 Å². The largest absolute Gasteiger partial charge is 0.390 e. The lowest BCUT2D eigenvalue weighted by atomic mass is 9.49. The molecular formula is C24H37N3O2. The molecule has 0 bridgehead atoms. The van der Waals surface area contributed by atoms with Gasteiger partial charge in [-0.1, -0.05) is 12.1 Å². The summed E-state index contributed by atoms with van der Waals surface area (Å²) in [5.41, 5.74) is 0.689. The van der Waals surface area contributed by atoms with E-state index in [9.17, 15) is 9.90 Å². The lowest BCUT2D eigenvalue weighted by molar-refractivity contribution is -0.133. The zero-order valence-corrected chi connectivity index (χ0v) is 18.3. The second-order valence-corrected chi connectivity index (χ2v) is 11.3. The van der Waals surface area contributed by atoms with E-state index < -0.39 is 5.60 Å². The Labute approximate surface area is 174 Å². The third-order valence-corrected chi connectivity index (χ3v) is 9.74. The standard InChI is InChI=1S/C24H37N3O2/c1-15-13-25-26-27(15)14-22(28)21-7-6-20-19-5-4-16-12-23(2,29)10-8-17(16)18(19)9-11-24(20,21)3/h13,16-21,29H,4-12,14H2,1-3H3/t16-,17+,18-,19-,20+,21-,23-,24+/m1/s1. The predicted molar refractivity (Wildman–Crippen MR) is 111 cm³/mol. The normalized spacial score (nSPS) is 46.6. The van der Waals surface area contributed by atoms with Crippen LogP contribution in [0.3, 0.4) is 0 Å². The molecule has 4 aliphatic carbocycles. The molecule has 4 saturated carbocycles. The number of hydrogen-bond donors (Lipinski definition) is 1. The van der Waals surface area contributed by atoms with Crippen molar-refractivity contribution in [1.29, 1.82) is 0 Å². The van der Waals surface area contributed by atoms with E-state index in [-0.39, 0.29) is 11.3 Å². The average molecular weight is 400 g/mol. The van der Waals surface area contributed by atoms with Crippen LogP contribution in [-0.2, 0) is 11.3 Å². The highest BCUT2D eigenvalue weighted by atomic mass is 16.3. The van der Waals surface area contributed by atoms with Gasteiger partial charge in [-0.2, -0.15) is 0 Å². The molecule has 0 aromatic carbocycles. The molecule has 8 atom stereocenters. The van der Waals surface area contributed by atoms with Crippen molar-refractivity contribution in [2.24, 2.45) is 40.9 Å². The van der Waals surface area contributed by atoms with Gasteiger partial charge in [0.15, 0.2) is 5.78 Å². The third kappa shape index (κ3) is 3.19. The van der Waals surface area contributed by atoms with E-state index in [0.717, 1.165) is 48.6 Å². The van der Waals surface area contributed by atoms with Crippen LogP contribution < -0.4 is 0 Å². The van der Waals surface area contributed by atoms with Gasteiger partial charge in [0.25, 0.3) is 0 Å². The minimum absolute atomic E-state index is 0.166. The molecule has 29 heavy (non-hydrogen) atoms. The van der Waals surface area contributed by atoms with Gasteiger partial charge < -0.3 is 5.11 Å². The molecule has 5 rings (SSSR count). The van der Waals surface area contributed by atoms with Crippen LogP contribution in [0.1, 0.15) is 77.3 Å². The first-order valence-electron chi connectivity index (χ1n) is 11.9. The van der Waals surface area contributed by atoms with E-state index in [4.69, 9.17) is 0 Å². The molecule has 5 heteroatoms. The quantitative estimate of drug-likeness (QED) is 0.828. The van der Waals surface area contributed by atoms with Crippen LogP contribution in [-0.4, -0.2) is 31.5 Å². The Morgan fingerprint density at radius 3 is 2.66 bits per heavy atom. The number of rotatable bonds is 3. The Hall–Kier alpha value is -1.23. The predicted octanol–water partition coefficient (Wildman–Crippen LogP) is 4.18. The number of carbonyl (C=O) groups is 1. The molecule has 5 nitrogen and oxygen atoms in total. The van der Waals surface area contributed by atoms with E-state index in [0.29, 0.717) is 18.2 Å². The monoisotopic (exact) mass is 399 g/mol. The van der Waals surface area contributed by atoms with Crippen molar-refractivity contribution in [2.45, 2.75) is 90.7 Å². The van der Waals surface area contributed by atoms with Crippen molar-refractivity contribution in [3.63, 3.8) is 0 Å². The highest BCUT2D eigenvalue weighted by Gasteiger charge is 2.58. The maximum atomic E-state index is 13.3. The number of hydrogen-bond acceptors (Lipinski definition) is 4. The first kappa shape index (κ1) is 19.7. The number of ketones is 1. The van der Waals surface area contributed by atoms with Crippen LogP contribution in [0.2, 0.25) is 0 Å². The summed E-state index contributed by atoms with van der Waals surface area (Å²) in [5.74, 6) is 4.41. The molecular weight excluding hydrogens is 362 g/mol. The Morgan fingerprint density at radius 2 is 1.90 bits per heavy atom. The minimum atomic E-state index is -0.443. The lowest BCUT2D eigenvalue weighted by Gasteiger charge is -2.56. The van der Waals surface area contributed by atoms with E-state index in [1.807, 2.05) is 13.8 Å². The topological polar surface area (TPSA) is 68.0 Å². The summed E-state index contributed by atoms with van der Waals surface area (Å²) in [6, 6.07) is 0. The summed E-state index contributed by atoms with van der Waals surface area (Å²) in [7, 11) is 0. The molecule has 1 heterocycles. The molecule has 0 saturated heterocycles. The molecule has 0 amide bonds. The number of aromatic nitrogens is 3. The fourth-order valence-corrected chi connectivity index (χ4v) is 8.33. The first-order chi connectivity index (χ1) is 13.8. The van der Waals surface area contributed by atoms with Gasteiger partial charge in [0.2, 0.25) is 0 Å². The molecule has 1 aromatic rings. The molecule has 0 unspecified atom stereocenters. The van der Waals surface area contributed by atoms with Crippen molar-refractivity contribution in [1.82, 2.24) is 15.0 Å². The van der Waals surface area contributed by atoms with Crippen molar-refractivity contribution < 1.29 is 9.90 Å². The summed E-state index contributed by atoms with van der Waals surface area (Å²) in [4.78, 5) is 13.3. The zero-order valence-electron chi connectivity index (χ0n) is 18.3. The van der Waals surface area contributed by atoms with Crippen LogP contribution in [0, 0.1) is 47.8 Å². The number of Topliss-reactive ketones (excluding diaryl/α,β-unsaturated/α-hetero) is 1. The fraction of sp³-hybridized carbons (Fsp3) is 0.875. The molecule has 4 aliphatic rings. The zero-order chi connectivity index (χ0) is 20.4. The van der Waals surface area contributed by atoms with Crippen LogP contribution in [0.15, 0.2) is 6.20 Å². The van der Waals surface area contributed by atoms with Crippen molar-refractivity contribution in [3.05, 3.63) is 11.9 Å². The van der Waals surface area contributed by atoms with Gasteiger partial charge in [-0.25, -0.2) is 4.68 Å². The third-order valence-electron chi connectivity index (χ3n) is 9.74. The van der Waals surface area contributed by atoms with Gasteiger partial charge in [0.05, 0.1) is 17.5 Å². The second kappa shape index (κ2) is 6.90. The van der Waals surface area contributed by atoms with Gasteiger partial charge in [0, 0.05) is 5.92 Å². The molecule has 4 fully saturated rings. The SMILES string of the molecule is Cc1cnnn1CC(=O)[C@H]1CC[C@H]2[C@@H]3CC[C@@H]4C[C@](C)(O)CC[C@@H]4[C@H]3CC[C@]12C. The molecule has 1 aromatic heterocycles. The van der Waals surface area contributed by atoms with E-state index in [2.05, 4.69) is 17.2 Å². The number of fused-ring (bicyclic) bond motifs is 5. The lowest BCUT2D eigenvalue weighted by Crippen LogP contribution is -2.51. The average Bonchev–Trinajstić information content (AvgIpc) is 3.23. The van der Waals surface area contributed by atoms with Crippen molar-refractivity contribution in [3.8, 4) is 0 Å². The molecule has 0 radical (unpaired) electrons. The van der Waals surface area contributed by atoms with E-state index in [1.165, 1.54) is 38.5 Å². The van der Waals surface area contributed by atoms with Gasteiger partial charge in [0.1, 0.15) is 6.54 Å². The van der Waals surface area contributed by atoms with Crippen molar-refractivity contribution >= 4 is 5.78 Å². The van der Waals surface area contributed by atoms with Gasteiger partial charge >= 0.3 is 0 Å². The van der Waals surface area contributed by atoms with Gasteiger partial charge in [-0.3, -0.25) is 4.79 Å². The highest BCUT2D eigenvalue weighted by molar-refractivity contribution is 5.82. The summed E-state index contributed by atoms with van der Waals surface area (Å²) in [5, 5.41) is 18.6. The van der Waals surface area contributed by atoms with Crippen LogP contribution in [0.25, 0.3) is 0 Å². The minimum Gasteiger partial charge on any atom is -0.390 e. The Kier molecular flexibility index (Phi) is 4.69.